The minimum absolute atomic E-state index is 0.162. The van der Waals surface area contributed by atoms with Crippen LogP contribution in [0, 0.1) is 0 Å². The predicted molar refractivity (Wildman–Crippen MR) is 70.4 cm³/mol. The molecule has 2 aromatic carbocycles. The molecular weight excluding hydrogens is 244 g/mol. The molecule has 0 heterocycles. The summed E-state index contributed by atoms with van der Waals surface area (Å²) in [5.41, 5.74) is 2.10. The van der Waals surface area contributed by atoms with Gasteiger partial charge >= 0.3 is 5.97 Å². The maximum absolute atomic E-state index is 11.6. The molecule has 0 saturated carbocycles. The number of hydrogen-bond donors (Lipinski definition) is 2. The zero-order valence-electron chi connectivity index (χ0n) is 10.5. The van der Waals surface area contributed by atoms with Crippen molar-refractivity contribution in [2.75, 3.05) is 7.11 Å². The first kappa shape index (κ1) is 13.0. The molecule has 0 unspecified atom stereocenters. The van der Waals surface area contributed by atoms with Crippen LogP contribution in [0.4, 0.5) is 0 Å². The Hall–Kier alpha value is -2.49. The molecule has 0 atom stereocenters. The molecule has 0 fully saturated rings. The number of benzene rings is 2. The van der Waals surface area contributed by atoms with Gasteiger partial charge in [0.2, 0.25) is 0 Å². The van der Waals surface area contributed by atoms with Crippen molar-refractivity contribution < 1.29 is 19.7 Å². The number of methoxy groups -OCH3 is 1. The van der Waals surface area contributed by atoms with E-state index in [1.165, 1.54) is 19.2 Å². The molecule has 2 aromatic rings. The summed E-state index contributed by atoms with van der Waals surface area (Å²) in [6.45, 7) is 0. The lowest BCUT2D eigenvalue weighted by molar-refractivity contribution is 0.0599. The molecule has 0 bridgehead atoms. The molecule has 0 aromatic heterocycles. The highest BCUT2D eigenvalue weighted by Crippen LogP contribution is 2.26. The predicted octanol–water partition coefficient (Wildman–Crippen LogP) is 2.48. The fourth-order valence-corrected chi connectivity index (χ4v) is 1.88. The Labute approximate surface area is 110 Å². The van der Waals surface area contributed by atoms with E-state index < -0.39 is 5.97 Å². The second-order valence-electron chi connectivity index (χ2n) is 4.15. The van der Waals surface area contributed by atoms with Gasteiger partial charge in [-0.1, -0.05) is 24.3 Å². The van der Waals surface area contributed by atoms with Crippen LogP contribution in [0.15, 0.2) is 42.5 Å². The quantitative estimate of drug-likeness (QED) is 0.655. The number of hydrogen-bond acceptors (Lipinski definition) is 4. The minimum Gasteiger partial charge on any atom is -0.504 e. The first-order valence-corrected chi connectivity index (χ1v) is 5.79. The Morgan fingerprint density at radius 1 is 1.11 bits per heavy atom. The summed E-state index contributed by atoms with van der Waals surface area (Å²) in [5.74, 6) is -0.725. The Kier molecular flexibility index (Phi) is 3.71. The van der Waals surface area contributed by atoms with E-state index in [1.54, 1.807) is 18.2 Å². The highest BCUT2D eigenvalue weighted by molar-refractivity contribution is 5.91. The van der Waals surface area contributed by atoms with Crippen LogP contribution in [0.3, 0.4) is 0 Å². The Morgan fingerprint density at radius 2 is 1.84 bits per heavy atom. The van der Waals surface area contributed by atoms with Crippen LogP contribution in [-0.4, -0.2) is 23.3 Å². The van der Waals surface area contributed by atoms with Gasteiger partial charge in [-0.25, -0.2) is 4.79 Å². The fourth-order valence-electron chi connectivity index (χ4n) is 1.88. The Balaban J connectivity index is 2.32. The number of rotatable bonds is 3. The van der Waals surface area contributed by atoms with Crippen LogP contribution in [0.5, 0.6) is 11.5 Å². The molecule has 0 saturated heterocycles. The van der Waals surface area contributed by atoms with Gasteiger partial charge in [0, 0.05) is 0 Å². The van der Waals surface area contributed by atoms with E-state index in [2.05, 4.69) is 0 Å². The monoisotopic (exact) mass is 258 g/mol. The van der Waals surface area contributed by atoms with Gasteiger partial charge in [0.25, 0.3) is 0 Å². The van der Waals surface area contributed by atoms with Crippen molar-refractivity contribution in [3.05, 3.63) is 59.2 Å². The van der Waals surface area contributed by atoms with Crippen LogP contribution < -0.4 is 0 Å². The largest absolute Gasteiger partial charge is 0.504 e. The molecule has 4 nitrogen and oxygen atoms in total. The van der Waals surface area contributed by atoms with Crippen molar-refractivity contribution in [3.63, 3.8) is 0 Å². The van der Waals surface area contributed by atoms with Gasteiger partial charge < -0.3 is 14.9 Å². The normalized spacial score (nSPS) is 10.2. The molecule has 0 spiro atoms. The molecule has 4 heteroatoms. The van der Waals surface area contributed by atoms with Crippen molar-refractivity contribution in [3.8, 4) is 11.5 Å². The average molecular weight is 258 g/mol. The standard InChI is InChI=1S/C15H14O4/c1-19-15(18)12-5-3-2-4-11(12)8-10-6-7-13(16)14(17)9-10/h2-7,9,16-17H,8H2,1H3. The first-order chi connectivity index (χ1) is 9.11. The van der Waals surface area contributed by atoms with Crippen molar-refractivity contribution >= 4 is 5.97 Å². The van der Waals surface area contributed by atoms with Gasteiger partial charge in [-0.3, -0.25) is 0 Å². The van der Waals surface area contributed by atoms with Gasteiger partial charge in [-0.2, -0.15) is 0 Å². The number of phenolic OH excluding ortho intramolecular Hbond substituents is 2. The fraction of sp³-hybridized carbons (Fsp3) is 0.133. The number of carbonyl (C=O) groups excluding carboxylic acids is 1. The number of esters is 1. The number of ether oxygens (including phenoxy) is 1. The zero-order valence-corrected chi connectivity index (χ0v) is 10.5. The summed E-state index contributed by atoms with van der Waals surface area (Å²) in [6, 6.07) is 11.7. The van der Waals surface area contributed by atoms with Crippen molar-refractivity contribution in [1.29, 1.82) is 0 Å². The van der Waals surface area contributed by atoms with Crippen LogP contribution in [0.25, 0.3) is 0 Å². The summed E-state index contributed by atoms with van der Waals surface area (Å²) in [4.78, 5) is 11.6. The molecular formula is C15H14O4. The third-order valence-electron chi connectivity index (χ3n) is 2.86. The number of carbonyl (C=O) groups is 1. The third-order valence-corrected chi connectivity index (χ3v) is 2.86. The van der Waals surface area contributed by atoms with E-state index >= 15 is 0 Å². The molecule has 2 N–H and O–H groups in total. The second kappa shape index (κ2) is 5.44. The molecule has 0 aliphatic carbocycles. The molecule has 19 heavy (non-hydrogen) atoms. The topological polar surface area (TPSA) is 66.8 Å². The van der Waals surface area contributed by atoms with E-state index in [0.717, 1.165) is 11.1 Å². The summed E-state index contributed by atoms with van der Waals surface area (Å²) in [5, 5.41) is 18.7. The highest BCUT2D eigenvalue weighted by Gasteiger charge is 2.11. The summed E-state index contributed by atoms with van der Waals surface area (Å²) >= 11 is 0. The molecule has 0 aliphatic heterocycles. The molecule has 0 aliphatic rings. The van der Waals surface area contributed by atoms with Crippen LogP contribution in [-0.2, 0) is 11.2 Å². The van der Waals surface area contributed by atoms with E-state index in [9.17, 15) is 15.0 Å². The Morgan fingerprint density at radius 3 is 2.53 bits per heavy atom. The van der Waals surface area contributed by atoms with Gasteiger partial charge in [-0.05, 0) is 35.7 Å². The smallest absolute Gasteiger partial charge is 0.338 e. The van der Waals surface area contributed by atoms with Crippen LogP contribution in [0.2, 0.25) is 0 Å². The van der Waals surface area contributed by atoms with Gasteiger partial charge in [0.1, 0.15) is 0 Å². The minimum atomic E-state index is -0.390. The zero-order chi connectivity index (χ0) is 13.8. The maximum atomic E-state index is 11.6. The molecule has 2 rings (SSSR count). The van der Waals surface area contributed by atoms with Crippen molar-refractivity contribution in [1.82, 2.24) is 0 Å². The van der Waals surface area contributed by atoms with Crippen LogP contribution >= 0.6 is 0 Å². The average Bonchev–Trinajstić information content (AvgIpc) is 2.43. The van der Waals surface area contributed by atoms with E-state index in [-0.39, 0.29) is 11.5 Å². The first-order valence-electron chi connectivity index (χ1n) is 5.79. The number of aromatic hydroxyl groups is 2. The summed E-state index contributed by atoms with van der Waals surface area (Å²) < 4.78 is 4.73. The van der Waals surface area contributed by atoms with Gasteiger partial charge in [0.15, 0.2) is 11.5 Å². The molecule has 0 radical (unpaired) electrons. The van der Waals surface area contributed by atoms with Crippen LogP contribution in [0.1, 0.15) is 21.5 Å². The lowest BCUT2D eigenvalue weighted by Gasteiger charge is -2.08. The molecule has 0 amide bonds. The van der Waals surface area contributed by atoms with Gasteiger partial charge in [0.05, 0.1) is 12.7 Å². The summed E-state index contributed by atoms with van der Waals surface area (Å²) in [6.07, 6.45) is 0.471. The lowest BCUT2D eigenvalue weighted by atomic mass is 9.99. The van der Waals surface area contributed by atoms with E-state index in [1.807, 2.05) is 12.1 Å². The lowest BCUT2D eigenvalue weighted by Crippen LogP contribution is -2.05. The maximum Gasteiger partial charge on any atom is 0.338 e. The van der Waals surface area contributed by atoms with E-state index in [4.69, 9.17) is 4.74 Å². The SMILES string of the molecule is COC(=O)c1ccccc1Cc1ccc(O)c(O)c1. The van der Waals surface area contributed by atoms with Gasteiger partial charge in [-0.15, -0.1) is 0 Å². The third kappa shape index (κ3) is 2.85. The molecule has 98 valence electrons. The van der Waals surface area contributed by atoms with Crippen molar-refractivity contribution in [2.45, 2.75) is 6.42 Å². The highest BCUT2D eigenvalue weighted by atomic mass is 16.5. The Bertz CT molecular complexity index is 605. The number of phenols is 2. The second-order valence-corrected chi connectivity index (χ2v) is 4.15. The summed E-state index contributed by atoms with van der Waals surface area (Å²) in [7, 11) is 1.34. The van der Waals surface area contributed by atoms with E-state index in [0.29, 0.717) is 12.0 Å². The van der Waals surface area contributed by atoms with Crippen molar-refractivity contribution in [2.24, 2.45) is 0 Å².